The largest absolute Gasteiger partial charge is 0.494 e. The highest BCUT2D eigenvalue weighted by Gasteiger charge is 2.15. The average molecular weight is 336 g/mol. The summed E-state index contributed by atoms with van der Waals surface area (Å²) in [6.45, 7) is 4.50. The molecule has 1 heterocycles. The van der Waals surface area contributed by atoms with Crippen LogP contribution in [0.1, 0.15) is 35.9 Å². The number of amides is 1. The van der Waals surface area contributed by atoms with Crippen LogP contribution in [0.25, 0.3) is 5.69 Å². The Labute approximate surface area is 146 Å². The molecule has 1 unspecified atom stereocenters. The van der Waals surface area contributed by atoms with Crippen molar-refractivity contribution in [3.8, 4) is 11.4 Å². The van der Waals surface area contributed by atoms with E-state index in [1.807, 2.05) is 68.4 Å². The van der Waals surface area contributed by atoms with Crippen LogP contribution in [0, 0.1) is 0 Å². The first-order valence-electron chi connectivity index (χ1n) is 8.18. The third kappa shape index (κ3) is 4.03. The molecule has 3 aromatic rings. The normalized spacial score (nSPS) is 11.8. The molecule has 0 radical (unpaired) electrons. The van der Waals surface area contributed by atoms with Crippen molar-refractivity contribution in [2.24, 2.45) is 0 Å². The van der Waals surface area contributed by atoms with E-state index in [1.54, 1.807) is 0 Å². The third-order valence-electron chi connectivity index (χ3n) is 3.75. The van der Waals surface area contributed by atoms with E-state index in [2.05, 4.69) is 15.5 Å². The van der Waals surface area contributed by atoms with Gasteiger partial charge in [0.25, 0.3) is 5.91 Å². The van der Waals surface area contributed by atoms with Crippen LogP contribution in [0.15, 0.2) is 60.8 Å². The van der Waals surface area contributed by atoms with Gasteiger partial charge in [-0.15, -0.1) is 5.10 Å². The molecule has 25 heavy (non-hydrogen) atoms. The molecule has 0 saturated carbocycles. The molecule has 0 aliphatic rings. The zero-order valence-electron chi connectivity index (χ0n) is 14.2. The van der Waals surface area contributed by atoms with Gasteiger partial charge in [-0.2, -0.15) is 9.90 Å². The van der Waals surface area contributed by atoms with Crippen molar-refractivity contribution in [1.29, 1.82) is 0 Å². The van der Waals surface area contributed by atoms with Crippen molar-refractivity contribution in [2.75, 3.05) is 6.61 Å². The lowest BCUT2D eigenvalue weighted by atomic mass is 10.1. The number of nitrogens with one attached hydrogen (secondary N) is 1. The van der Waals surface area contributed by atoms with Crippen LogP contribution in [0.3, 0.4) is 0 Å². The first-order chi connectivity index (χ1) is 12.2. The van der Waals surface area contributed by atoms with Gasteiger partial charge in [-0.1, -0.05) is 30.3 Å². The fourth-order valence-corrected chi connectivity index (χ4v) is 2.43. The van der Waals surface area contributed by atoms with E-state index in [0.717, 1.165) is 17.0 Å². The van der Waals surface area contributed by atoms with Crippen molar-refractivity contribution >= 4 is 5.91 Å². The van der Waals surface area contributed by atoms with Crippen LogP contribution < -0.4 is 10.1 Å². The van der Waals surface area contributed by atoms with Gasteiger partial charge in [0, 0.05) is 0 Å². The Hall–Kier alpha value is -3.15. The third-order valence-corrected chi connectivity index (χ3v) is 3.75. The summed E-state index contributed by atoms with van der Waals surface area (Å²) >= 11 is 0. The van der Waals surface area contributed by atoms with Crippen molar-refractivity contribution in [1.82, 2.24) is 20.3 Å². The fraction of sp³-hybridized carbons (Fsp3) is 0.211. The zero-order valence-corrected chi connectivity index (χ0v) is 14.2. The van der Waals surface area contributed by atoms with Gasteiger partial charge in [-0.3, -0.25) is 4.79 Å². The highest BCUT2D eigenvalue weighted by atomic mass is 16.5. The summed E-state index contributed by atoms with van der Waals surface area (Å²) in [6.07, 6.45) is 1.47. The monoisotopic (exact) mass is 336 g/mol. The number of ether oxygens (including phenoxy) is 1. The van der Waals surface area contributed by atoms with E-state index in [1.165, 1.54) is 11.0 Å². The maximum atomic E-state index is 12.4. The number of carbonyl (C=O) groups is 1. The van der Waals surface area contributed by atoms with Crippen molar-refractivity contribution in [3.63, 3.8) is 0 Å². The number of hydrogen-bond donors (Lipinski definition) is 1. The van der Waals surface area contributed by atoms with Crippen molar-refractivity contribution in [3.05, 3.63) is 72.1 Å². The van der Waals surface area contributed by atoms with Gasteiger partial charge in [-0.05, 0) is 43.7 Å². The standard InChI is InChI=1S/C19H20N4O2/c1-3-25-17-11-9-15(10-12-17)14(2)21-19(24)18-13-20-23(22-18)16-7-5-4-6-8-16/h4-14H,3H2,1-2H3,(H,21,24). The summed E-state index contributed by atoms with van der Waals surface area (Å²) in [4.78, 5) is 13.8. The summed E-state index contributed by atoms with van der Waals surface area (Å²) < 4.78 is 5.43. The second-order valence-electron chi connectivity index (χ2n) is 5.55. The lowest BCUT2D eigenvalue weighted by Crippen LogP contribution is -2.27. The molecular weight excluding hydrogens is 316 g/mol. The smallest absolute Gasteiger partial charge is 0.273 e. The Morgan fingerprint density at radius 2 is 1.88 bits per heavy atom. The molecule has 6 nitrogen and oxygen atoms in total. The lowest BCUT2D eigenvalue weighted by molar-refractivity contribution is 0.0934. The molecule has 6 heteroatoms. The lowest BCUT2D eigenvalue weighted by Gasteiger charge is -2.14. The number of carbonyl (C=O) groups excluding carboxylic acids is 1. The maximum absolute atomic E-state index is 12.4. The van der Waals surface area contributed by atoms with Crippen LogP contribution >= 0.6 is 0 Å². The Balaban J connectivity index is 1.66. The molecule has 1 amide bonds. The van der Waals surface area contributed by atoms with Crippen LogP contribution in [-0.4, -0.2) is 27.5 Å². The van der Waals surface area contributed by atoms with E-state index in [-0.39, 0.29) is 17.6 Å². The number of nitrogens with zero attached hydrogens (tertiary/aromatic N) is 3. The van der Waals surface area contributed by atoms with E-state index in [4.69, 9.17) is 4.74 Å². The quantitative estimate of drug-likeness (QED) is 0.751. The van der Waals surface area contributed by atoms with Crippen molar-refractivity contribution < 1.29 is 9.53 Å². The van der Waals surface area contributed by atoms with Crippen LogP contribution in [0.4, 0.5) is 0 Å². The molecule has 1 atom stereocenters. The molecule has 0 spiro atoms. The Morgan fingerprint density at radius 3 is 2.56 bits per heavy atom. The molecule has 1 aromatic heterocycles. The molecule has 3 rings (SSSR count). The van der Waals surface area contributed by atoms with Gasteiger partial charge >= 0.3 is 0 Å². The number of rotatable bonds is 6. The summed E-state index contributed by atoms with van der Waals surface area (Å²) in [5.41, 5.74) is 2.08. The van der Waals surface area contributed by atoms with Gasteiger partial charge in [0.05, 0.1) is 24.5 Å². The SMILES string of the molecule is CCOc1ccc(C(C)NC(=O)c2cnn(-c3ccccc3)n2)cc1. The summed E-state index contributed by atoms with van der Waals surface area (Å²) in [5, 5.41) is 11.3. The fourth-order valence-electron chi connectivity index (χ4n) is 2.43. The average Bonchev–Trinajstić information content (AvgIpc) is 3.13. The first-order valence-corrected chi connectivity index (χ1v) is 8.18. The van der Waals surface area contributed by atoms with E-state index in [9.17, 15) is 4.79 Å². The van der Waals surface area contributed by atoms with E-state index < -0.39 is 0 Å². The molecule has 128 valence electrons. The summed E-state index contributed by atoms with van der Waals surface area (Å²) in [5.74, 6) is 0.555. The first kappa shape index (κ1) is 16.7. The topological polar surface area (TPSA) is 69.0 Å². The van der Waals surface area contributed by atoms with Gasteiger partial charge in [0.15, 0.2) is 5.69 Å². The van der Waals surface area contributed by atoms with Crippen LogP contribution in [0.2, 0.25) is 0 Å². The second-order valence-corrected chi connectivity index (χ2v) is 5.55. The number of para-hydroxylation sites is 1. The van der Waals surface area contributed by atoms with Gasteiger partial charge in [0.1, 0.15) is 5.75 Å². The number of benzene rings is 2. The maximum Gasteiger partial charge on any atom is 0.273 e. The predicted octanol–water partition coefficient (Wildman–Crippen LogP) is 3.16. The Bertz CT molecular complexity index is 828. The van der Waals surface area contributed by atoms with Crippen molar-refractivity contribution in [2.45, 2.75) is 19.9 Å². The molecular formula is C19H20N4O2. The second kappa shape index (κ2) is 7.61. The Kier molecular flexibility index (Phi) is 5.09. The Morgan fingerprint density at radius 1 is 1.16 bits per heavy atom. The highest BCUT2D eigenvalue weighted by Crippen LogP contribution is 2.18. The van der Waals surface area contributed by atoms with Crippen LogP contribution in [0.5, 0.6) is 5.75 Å². The molecule has 0 aliphatic carbocycles. The van der Waals surface area contributed by atoms with Gasteiger partial charge < -0.3 is 10.1 Å². The minimum Gasteiger partial charge on any atom is -0.494 e. The van der Waals surface area contributed by atoms with E-state index in [0.29, 0.717) is 6.61 Å². The van der Waals surface area contributed by atoms with Crippen LogP contribution in [-0.2, 0) is 0 Å². The minimum atomic E-state index is -0.261. The molecule has 0 aliphatic heterocycles. The minimum absolute atomic E-state index is 0.148. The van der Waals surface area contributed by atoms with Gasteiger partial charge in [-0.25, -0.2) is 0 Å². The van der Waals surface area contributed by atoms with Gasteiger partial charge in [0.2, 0.25) is 0 Å². The number of hydrogen-bond acceptors (Lipinski definition) is 4. The molecule has 0 bridgehead atoms. The number of aromatic nitrogens is 3. The molecule has 2 aromatic carbocycles. The summed E-state index contributed by atoms with van der Waals surface area (Å²) in [6, 6.07) is 17.0. The summed E-state index contributed by atoms with van der Waals surface area (Å²) in [7, 11) is 0. The molecule has 1 N–H and O–H groups in total. The predicted molar refractivity (Wildman–Crippen MR) is 94.9 cm³/mol. The highest BCUT2D eigenvalue weighted by molar-refractivity contribution is 5.92. The zero-order chi connectivity index (χ0) is 17.6. The molecule has 0 saturated heterocycles. The van der Waals surface area contributed by atoms with E-state index >= 15 is 0 Å². The molecule has 0 fully saturated rings.